The fourth-order valence-corrected chi connectivity index (χ4v) is 0.979. The van der Waals surface area contributed by atoms with Crippen molar-refractivity contribution >= 4 is 11.9 Å². The second kappa shape index (κ2) is 6.81. The van der Waals surface area contributed by atoms with E-state index in [9.17, 15) is 8.78 Å². The van der Waals surface area contributed by atoms with Crippen molar-refractivity contribution in [1.82, 2.24) is 15.0 Å². The summed E-state index contributed by atoms with van der Waals surface area (Å²) in [5, 5.41) is 11.4. The number of anilines is 2. The van der Waals surface area contributed by atoms with Crippen LogP contribution in [0.15, 0.2) is 0 Å². The van der Waals surface area contributed by atoms with Crippen LogP contribution < -0.4 is 21.3 Å². The highest BCUT2D eigenvalue weighted by Gasteiger charge is 2.17. The van der Waals surface area contributed by atoms with Crippen LogP contribution in [0, 0.1) is 0 Å². The van der Waals surface area contributed by atoms with E-state index in [1.807, 2.05) is 0 Å². The normalized spacial score (nSPS) is 12.3. The highest BCUT2D eigenvalue weighted by Crippen LogP contribution is 2.11. The monoisotopic (exact) mass is 264 g/mol. The van der Waals surface area contributed by atoms with E-state index in [0.717, 1.165) is 0 Å². The Kier molecular flexibility index (Phi) is 5.39. The summed E-state index contributed by atoms with van der Waals surface area (Å²) in [6.45, 7) is 1.65. The van der Waals surface area contributed by atoms with E-state index in [2.05, 4.69) is 25.7 Å². The standard InChI is InChI=1S/C8H14F2N6O2/c1-2-18-8-14-6(13-7(15-8)16-11)12-3-4(17)5(9)10/h4-5,17H,2-3,11H2,1H3,(H2,12,13,14,15,16). The van der Waals surface area contributed by atoms with Crippen molar-refractivity contribution in [3.8, 4) is 6.01 Å². The Balaban J connectivity index is 2.71. The third kappa shape index (κ3) is 4.22. The molecule has 0 spiro atoms. The summed E-state index contributed by atoms with van der Waals surface area (Å²) in [4.78, 5) is 11.3. The first-order valence-electron chi connectivity index (χ1n) is 5.12. The minimum atomic E-state index is -2.85. The number of hydrogen-bond donors (Lipinski definition) is 4. The Morgan fingerprint density at radius 1 is 1.33 bits per heavy atom. The zero-order valence-corrected chi connectivity index (χ0v) is 9.60. The quantitative estimate of drug-likeness (QED) is 0.388. The molecule has 10 heteroatoms. The molecule has 0 amide bonds. The van der Waals surface area contributed by atoms with Crippen molar-refractivity contribution in [2.75, 3.05) is 23.9 Å². The molecule has 0 aliphatic carbocycles. The van der Waals surface area contributed by atoms with E-state index in [-0.39, 0.29) is 17.9 Å². The number of hydrogen-bond acceptors (Lipinski definition) is 8. The fraction of sp³-hybridized carbons (Fsp3) is 0.625. The number of aliphatic hydroxyl groups excluding tert-OH is 1. The van der Waals surface area contributed by atoms with Gasteiger partial charge in [0.25, 0.3) is 6.43 Å². The van der Waals surface area contributed by atoms with Gasteiger partial charge in [0.2, 0.25) is 11.9 Å². The van der Waals surface area contributed by atoms with Gasteiger partial charge in [-0.3, -0.25) is 5.43 Å². The molecule has 0 aliphatic rings. The Morgan fingerprint density at radius 3 is 2.56 bits per heavy atom. The molecule has 8 nitrogen and oxygen atoms in total. The molecule has 1 aromatic heterocycles. The van der Waals surface area contributed by atoms with Crippen molar-refractivity contribution in [2.45, 2.75) is 19.5 Å². The molecule has 0 bridgehead atoms. The number of nitrogens with two attached hydrogens (primary N) is 1. The molecular weight excluding hydrogens is 250 g/mol. The third-order valence-electron chi connectivity index (χ3n) is 1.78. The van der Waals surface area contributed by atoms with Crippen LogP contribution in [0.2, 0.25) is 0 Å². The second-order valence-corrected chi connectivity index (χ2v) is 3.13. The number of alkyl halides is 2. The molecular formula is C8H14F2N6O2. The average Bonchev–Trinajstić information content (AvgIpc) is 2.35. The number of aliphatic hydroxyl groups is 1. The molecule has 1 heterocycles. The molecule has 1 unspecified atom stereocenters. The number of hydrazine groups is 1. The van der Waals surface area contributed by atoms with Crippen LogP contribution in [0.1, 0.15) is 6.92 Å². The maximum absolute atomic E-state index is 12.1. The molecule has 0 fully saturated rings. The number of nitrogens with zero attached hydrogens (tertiary/aromatic N) is 3. The lowest BCUT2D eigenvalue weighted by atomic mass is 10.4. The smallest absolute Gasteiger partial charge is 0.323 e. The van der Waals surface area contributed by atoms with E-state index >= 15 is 0 Å². The summed E-state index contributed by atoms with van der Waals surface area (Å²) >= 11 is 0. The van der Waals surface area contributed by atoms with Crippen molar-refractivity contribution < 1.29 is 18.6 Å². The van der Waals surface area contributed by atoms with Crippen molar-refractivity contribution in [2.24, 2.45) is 5.84 Å². The van der Waals surface area contributed by atoms with Crippen LogP contribution in [-0.4, -0.2) is 45.7 Å². The van der Waals surface area contributed by atoms with Crippen LogP contribution in [0.5, 0.6) is 6.01 Å². The van der Waals surface area contributed by atoms with Gasteiger partial charge in [0, 0.05) is 6.54 Å². The van der Waals surface area contributed by atoms with E-state index in [1.54, 1.807) is 6.92 Å². The van der Waals surface area contributed by atoms with Gasteiger partial charge in [-0.25, -0.2) is 14.6 Å². The van der Waals surface area contributed by atoms with Gasteiger partial charge >= 0.3 is 6.01 Å². The zero-order chi connectivity index (χ0) is 13.5. The fourth-order valence-electron chi connectivity index (χ4n) is 0.979. The largest absolute Gasteiger partial charge is 0.464 e. The van der Waals surface area contributed by atoms with Crippen LogP contribution in [0.4, 0.5) is 20.7 Å². The van der Waals surface area contributed by atoms with Crippen LogP contribution >= 0.6 is 0 Å². The zero-order valence-electron chi connectivity index (χ0n) is 9.60. The van der Waals surface area contributed by atoms with Gasteiger partial charge in [-0.05, 0) is 6.92 Å². The SMILES string of the molecule is CCOc1nc(NN)nc(NCC(O)C(F)F)n1. The van der Waals surface area contributed by atoms with Gasteiger partial charge in [-0.1, -0.05) is 0 Å². The van der Waals surface area contributed by atoms with Gasteiger partial charge in [0.05, 0.1) is 6.61 Å². The molecule has 1 atom stereocenters. The minimum Gasteiger partial charge on any atom is -0.464 e. The summed E-state index contributed by atoms with van der Waals surface area (Å²) < 4.78 is 29.2. The number of halogens is 2. The van der Waals surface area contributed by atoms with Crippen LogP contribution in [0.25, 0.3) is 0 Å². The van der Waals surface area contributed by atoms with E-state index < -0.39 is 19.1 Å². The summed E-state index contributed by atoms with van der Waals surface area (Å²) in [6, 6.07) is -0.00510. The predicted octanol–water partition coefficient (Wildman–Crippen LogP) is -0.406. The second-order valence-electron chi connectivity index (χ2n) is 3.13. The van der Waals surface area contributed by atoms with Crippen molar-refractivity contribution in [3.05, 3.63) is 0 Å². The number of ether oxygens (including phenoxy) is 1. The molecule has 0 radical (unpaired) electrons. The highest BCUT2D eigenvalue weighted by atomic mass is 19.3. The van der Waals surface area contributed by atoms with Gasteiger partial charge in [-0.15, -0.1) is 0 Å². The Morgan fingerprint density at radius 2 is 2.00 bits per heavy atom. The molecule has 1 rings (SSSR count). The Labute approximate surface area is 102 Å². The summed E-state index contributed by atoms with van der Waals surface area (Å²) in [7, 11) is 0. The number of rotatable bonds is 7. The molecule has 1 aromatic rings. The maximum atomic E-state index is 12.1. The molecule has 102 valence electrons. The first kappa shape index (κ1) is 14.3. The first-order chi connectivity index (χ1) is 8.56. The van der Waals surface area contributed by atoms with Gasteiger partial charge < -0.3 is 15.2 Å². The van der Waals surface area contributed by atoms with Crippen LogP contribution in [0.3, 0.4) is 0 Å². The van der Waals surface area contributed by atoms with Crippen molar-refractivity contribution in [3.63, 3.8) is 0 Å². The lowest BCUT2D eigenvalue weighted by Crippen LogP contribution is -2.27. The summed E-state index contributed by atoms with van der Waals surface area (Å²) in [5.41, 5.74) is 2.18. The summed E-state index contributed by atoms with van der Waals surface area (Å²) in [6.07, 6.45) is -4.66. The molecule has 0 aromatic carbocycles. The predicted molar refractivity (Wildman–Crippen MR) is 59.3 cm³/mol. The molecule has 0 aliphatic heterocycles. The lowest BCUT2D eigenvalue weighted by molar-refractivity contribution is 0.00376. The molecule has 18 heavy (non-hydrogen) atoms. The van der Waals surface area contributed by atoms with Crippen LogP contribution in [-0.2, 0) is 0 Å². The first-order valence-corrected chi connectivity index (χ1v) is 5.12. The van der Waals surface area contributed by atoms with Gasteiger partial charge in [0.1, 0.15) is 6.10 Å². The summed E-state index contributed by atoms with van der Waals surface area (Å²) in [5.74, 6) is 5.12. The van der Waals surface area contributed by atoms with E-state index in [4.69, 9.17) is 15.7 Å². The Hall–Kier alpha value is -1.81. The Bertz CT molecular complexity index is 381. The number of aromatic nitrogens is 3. The highest BCUT2D eigenvalue weighted by molar-refractivity contribution is 5.34. The molecule has 5 N–H and O–H groups in total. The van der Waals surface area contributed by atoms with Gasteiger partial charge in [-0.2, -0.15) is 15.0 Å². The third-order valence-corrected chi connectivity index (χ3v) is 1.78. The number of nitrogen functional groups attached to an aromatic ring is 1. The molecule has 0 saturated carbocycles. The average molecular weight is 264 g/mol. The maximum Gasteiger partial charge on any atom is 0.323 e. The topological polar surface area (TPSA) is 118 Å². The number of nitrogens with one attached hydrogen (secondary N) is 2. The minimum absolute atomic E-state index is 0.00510. The van der Waals surface area contributed by atoms with E-state index in [0.29, 0.717) is 6.61 Å². The van der Waals surface area contributed by atoms with Gasteiger partial charge in [0.15, 0.2) is 0 Å². The lowest BCUT2D eigenvalue weighted by Gasteiger charge is -2.11. The van der Waals surface area contributed by atoms with Crippen molar-refractivity contribution in [1.29, 1.82) is 0 Å². The molecule has 0 saturated heterocycles. The van der Waals surface area contributed by atoms with E-state index in [1.165, 1.54) is 0 Å².